The quantitative estimate of drug-likeness (QED) is 0.911. The minimum Gasteiger partial charge on any atom is -0.370 e. The molecule has 1 atom stereocenters. The maximum Gasteiger partial charge on any atom is 0.100 e. The van der Waals surface area contributed by atoms with Crippen LogP contribution < -0.4 is 10.2 Å². The zero-order valence-corrected chi connectivity index (χ0v) is 11.5. The third kappa shape index (κ3) is 2.80. The van der Waals surface area contributed by atoms with Gasteiger partial charge in [0, 0.05) is 29.3 Å². The SMILES string of the molecule is CNC1CCCN(c2ccc(C#N)c(Br)c2)C1. The van der Waals surface area contributed by atoms with Gasteiger partial charge in [-0.05, 0) is 54.0 Å². The van der Waals surface area contributed by atoms with Crippen LogP contribution in [0.1, 0.15) is 18.4 Å². The molecule has 1 fully saturated rings. The van der Waals surface area contributed by atoms with Crippen molar-refractivity contribution >= 4 is 21.6 Å². The highest BCUT2D eigenvalue weighted by Crippen LogP contribution is 2.26. The number of benzene rings is 1. The number of rotatable bonds is 2. The van der Waals surface area contributed by atoms with Gasteiger partial charge in [0.25, 0.3) is 0 Å². The van der Waals surface area contributed by atoms with Crippen molar-refractivity contribution in [1.29, 1.82) is 5.26 Å². The molecule has 1 aromatic carbocycles. The second kappa shape index (κ2) is 5.52. The van der Waals surface area contributed by atoms with Crippen LogP contribution in [0.3, 0.4) is 0 Å². The van der Waals surface area contributed by atoms with Crippen molar-refractivity contribution in [1.82, 2.24) is 5.32 Å². The van der Waals surface area contributed by atoms with Crippen molar-refractivity contribution in [2.45, 2.75) is 18.9 Å². The predicted molar refractivity (Wildman–Crippen MR) is 73.2 cm³/mol. The summed E-state index contributed by atoms with van der Waals surface area (Å²) in [5, 5.41) is 12.2. The second-order valence-electron chi connectivity index (χ2n) is 4.35. The third-order valence-corrected chi connectivity index (χ3v) is 3.92. The van der Waals surface area contributed by atoms with Crippen LogP contribution in [0.2, 0.25) is 0 Å². The standard InChI is InChI=1S/C13H16BrN3/c1-16-11-3-2-6-17(9-11)12-5-4-10(8-15)13(14)7-12/h4-5,7,11,16H,2-3,6,9H2,1H3. The fourth-order valence-electron chi connectivity index (χ4n) is 2.24. The number of hydrogen-bond donors (Lipinski definition) is 1. The second-order valence-corrected chi connectivity index (χ2v) is 5.20. The third-order valence-electron chi connectivity index (χ3n) is 3.27. The van der Waals surface area contributed by atoms with Gasteiger partial charge >= 0.3 is 0 Å². The van der Waals surface area contributed by atoms with Gasteiger partial charge < -0.3 is 10.2 Å². The molecule has 4 heteroatoms. The molecule has 1 aliphatic heterocycles. The molecule has 1 N–H and O–H groups in total. The molecule has 0 spiro atoms. The minimum atomic E-state index is 0.568. The van der Waals surface area contributed by atoms with E-state index in [1.165, 1.54) is 18.5 Å². The summed E-state index contributed by atoms with van der Waals surface area (Å²) >= 11 is 3.44. The molecule has 1 heterocycles. The molecule has 1 unspecified atom stereocenters. The van der Waals surface area contributed by atoms with E-state index >= 15 is 0 Å². The lowest BCUT2D eigenvalue weighted by Gasteiger charge is -2.34. The Morgan fingerprint density at radius 1 is 1.53 bits per heavy atom. The lowest BCUT2D eigenvalue weighted by Crippen LogP contribution is -2.44. The van der Waals surface area contributed by atoms with E-state index in [4.69, 9.17) is 5.26 Å². The lowest BCUT2D eigenvalue weighted by molar-refractivity contribution is 0.449. The smallest absolute Gasteiger partial charge is 0.100 e. The maximum absolute atomic E-state index is 8.90. The van der Waals surface area contributed by atoms with Gasteiger partial charge in [0.1, 0.15) is 6.07 Å². The first-order valence-electron chi connectivity index (χ1n) is 5.86. The van der Waals surface area contributed by atoms with E-state index in [1.807, 2.05) is 25.2 Å². The van der Waals surface area contributed by atoms with Gasteiger partial charge in [-0.25, -0.2) is 0 Å². The Bertz CT molecular complexity index is 439. The molecule has 1 saturated heterocycles. The monoisotopic (exact) mass is 293 g/mol. The molecular weight excluding hydrogens is 278 g/mol. The van der Waals surface area contributed by atoms with Crippen LogP contribution in [0.25, 0.3) is 0 Å². The van der Waals surface area contributed by atoms with E-state index in [0.717, 1.165) is 17.6 Å². The molecule has 0 aliphatic carbocycles. The summed E-state index contributed by atoms with van der Waals surface area (Å²) in [6, 6.07) is 8.68. The summed E-state index contributed by atoms with van der Waals surface area (Å²) < 4.78 is 0.879. The van der Waals surface area contributed by atoms with Crippen LogP contribution in [0, 0.1) is 11.3 Å². The highest BCUT2D eigenvalue weighted by Gasteiger charge is 2.19. The molecule has 2 rings (SSSR count). The van der Waals surface area contributed by atoms with Gasteiger partial charge in [-0.2, -0.15) is 5.26 Å². The Balaban J connectivity index is 2.17. The number of piperidine rings is 1. The summed E-state index contributed by atoms with van der Waals surface area (Å²) in [6.45, 7) is 2.13. The van der Waals surface area contributed by atoms with Gasteiger partial charge in [-0.3, -0.25) is 0 Å². The zero-order valence-electron chi connectivity index (χ0n) is 9.91. The number of likely N-dealkylation sites (N-methyl/N-ethyl adjacent to an activating group) is 1. The molecule has 0 aromatic heterocycles. The van der Waals surface area contributed by atoms with Crippen LogP contribution >= 0.6 is 15.9 Å². The van der Waals surface area contributed by atoms with Crippen molar-refractivity contribution in [3.05, 3.63) is 28.2 Å². The number of nitrogens with zero attached hydrogens (tertiary/aromatic N) is 2. The highest BCUT2D eigenvalue weighted by molar-refractivity contribution is 9.10. The van der Waals surface area contributed by atoms with Gasteiger partial charge in [0.2, 0.25) is 0 Å². The van der Waals surface area contributed by atoms with E-state index in [2.05, 4.69) is 32.2 Å². The Morgan fingerprint density at radius 3 is 3.00 bits per heavy atom. The van der Waals surface area contributed by atoms with Gasteiger partial charge in [-0.15, -0.1) is 0 Å². The van der Waals surface area contributed by atoms with E-state index < -0.39 is 0 Å². The first-order chi connectivity index (χ1) is 8.24. The molecule has 17 heavy (non-hydrogen) atoms. The number of hydrogen-bond acceptors (Lipinski definition) is 3. The van der Waals surface area contributed by atoms with Crippen LogP contribution in [0.5, 0.6) is 0 Å². The first kappa shape index (κ1) is 12.4. The average Bonchev–Trinajstić information content (AvgIpc) is 2.38. The summed E-state index contributed by atoms with van der Waals surface area (Å²) in [5.41, 5.74) is 1.88. The van der Waals surface area contributed by atoms with E-state index in [9.17, 15) is 0 Å². The summed E-state index contributed by atoms with van der Waals surface area (Å²) in [5.74, 6) is 0. The Morgan fingerprint density at radius 2 is 2.35 bits per heavy atom. The molecule has 0 bridgehead atoms. The molecule has 0 radical (unpaired) electrons. The highest BCUT2D eigenvalue weighted by atomic mass is 79.9. The largest absolute Gasteiger partial charge is 0.370 e. The van der Waals surface area contributed by atoms with Crippen molar-refractivity contribution in [2.24, 2.45) is 0 Å². The van der Waals surface area contributed by atoms with Gasteiger partial charge in [-0.1, -0.05) is 0 Å². The fraction of sp³-hybridized carbons (Fsp3) is 0.462. The Hall–Kier alpha value is -1.05. The molecule has 0 amide bonds. The maximum atomic E-state index is 8.90. The summed E-state index contributed by atoms with van der Waals surface area (Å²) in [4.78, 5) is 2.37. The number of nitriles is 1. The van der Waals surface area contributed by atoms with Gasteiger partial charge in [0.15, 0.2) is 0 Å². The zero-order chi connectivity index (χ0) is 12.3. The molecule has 0 saturated carbocycles. The normalized spacial score (nSPS) is 20.1. The van der Waals surface area contributed by atoms with Gasteiger partial charge in [0.05, 0.1) is 5.56 Å². The molecule has 3 nitrogen and oxygen atoms in total. The van der Waals surface area contributed by atoms with E-state index in [1.54, 1.807) is 0 Å². The molecule has 1 aliphatic rings. The van der Waals surface area contributed by atoms with Crippen molar-refractivity contribution in [3.63, 3.8) is 0 Å². The van der Waals surface area contributed by atoms with Crippen LogP contribution in [-0.4, -0.2) is 26.2 Å². The van der Waals surface area contributed by atoms with Crippen molar-refractivity contribution < 1.29 is 0 Å². The molecular formula is C13H16BrN3. The summed E-state index contributed by atoms with van der Waals surface area (Å²) in [7, 11) is 2.02. The first-order valence-corrected chi connectivity index (χ1v) is 6.65. The average molecular weight is 294 g/mol. The van der Waals surface area contributed by atoms with Crippen LogP contribution in [0.15, 0.2) is 22.7 Å². The topological polar surface area (TPSA) is 39.1 Å². The van der Waals surface area contributed by atoms with Crippen LogP contribution in [0.4, 0.5) is 5.69 Å². The molecule has 90 valence electrons. The Kier molecular flexibility index (Phi) is 4.03. The predicted octanol–water partition coefficient (Wildman–Crippen LogP) is 2.51. The lowest BCUT2D eigenvalue weighted by atomic mass is 10.0. The fourth-order valence-corrected chi connectivity index (χ4v) is 2.69. The number of anilines is 1. The Labute approximate surface area is 111 Å². The number of nitrogens with one attached hydrogen (secondary N) is 1. The van der Waals surface area contributed by atoms with E-state index in [-0.39, 0.29) is 0 Å². The minimum absolute atomic E-state index is 0.568. The summed E-state index contributed by atoms with van der Waals surface area (Å²) in [6.07, 6.45) is 2.45. The van der Waals surface area contributed by atoms with E-state index in [0.29, 0.717) is 11.6 Å². The van der Waals surface area contributed by atoms with Crippen molar-refractivity contribution in [2.75, 3.05) is 25.0 Å². The number of halogens is 1. The molecule has 1 aromatic rings. The van der Waals surface area contributed by atoms with Crippen molar-refractivity contribution in [3.8, 4) is 6.07 Å². The van der Waals surface area contributed by atoms with Crippen LogP contribution in [-0.2, 0) is 0 Å².